The van der Waals surface area contributed by atoms with E-state index in [1.165, 1.54) is 49.7 Å². The molecule has 9 aromatic carbocycles. The molecule has 2 heteroatoms. The molecule has 1 aliphatic heterocycles. The Kier molecular flexibility index (Phi) is 9.65. The van der Waals surface area contributed by atoms with Crippen LogP contribution in [-0.4, -0.2) is 4.98 Å². The number of rotatable bonds is 8. The van der Waals surface area contributed by atoms with Gasteiger partial charge in [-0.2, -0.15) is 0 Å². The van der Waals surface area contributed by atoms with Gasteiger partial charge in [0.1, 0.15) is 0 Å². The van der Waals surface area contributed by atoms with E-state index in [4.69, 9.17) is 4.98 Å². The molecular formula is C60H42N2. The number of nitrogens with one attached hydrogen (secondary N) is 1. The highest BCUT2D eigenvalue weighted by molar-refractivity contribution is 6.18. The van der Waals surface area contributed by atoms with Gasteiger partial charge in [-0.05, 0) is 114 Å². The van der Waals surface area contributed by atoms with E-state index in [0.717, 1.165) is 55.7 Å². The van der Waals surface area contributed by atoms with Crippen LogP contribution in [-0.2, 0) is 0 Å². The normalized spacial score (nSPS) is 13.6. The lowest BCUT2D eigenvalue weighted by Gasteiger charge is -2.26. The van der Waals surface area contributed by atoms with Gasteiger partial charge in [0, 0.05) is 22.2 Å². The minimum atomic E-state index is -0.0669. The van der Waals surface area contributed by atoms with Crippen LogP contribution in [0.15, 0.2) is 243 Å². The fourth-order valence-electron chi connectivity index (χ4n) is 8.97. The maximum Gasteiger partial charge on any atom is 0.0800 e. The van der Waals surface area contributed by atoms with Crippen LogP contribution in [0.1, 0.15) is 22.7 Å². The fourth-order valence-corrected chi connectivity index (χ4v) is 8.97. The summed E-state index contributed by atoms with van der Waals surface area (Å²) in [6.45, 7) is 0. The first-order valence-corrected chi connectivity index (χ1v) is 21.3. The van der Waals surface area contributed by atoms with E-state index in [9.17, 15) is 0 Å². The number of hydrogen-bond donors (Lipinski definition) is 1. The highest BCUT2D eigenvalue weighted by Gasteiger charge is 2.21. The minimum Gasteiger partial charge on any atom is -0.374 e. The maximum absolute atomic E-state index is 5.53. The van der Waals surface area contributed by atoms with Crippen LogP contribution in [0.4, 0.5) is 0 Å². The summed E-state index contributed by atoms with van der Waals surface area (Å²) in [5.41, 5.74) is 18.1. The second kappa shape index (κ2) is 16.2. The summed E-state index contributed by atoms with van der Waals surface area (Å²) >= 11 is 0. The molecular weight excluding hydrogens is 749 g/mol. The number of fused-ring (bicyclic) bond motifs is 3. The van der Waals surface area contributed by atoms with Crippen molar-refractivity contribution in [2.45, 2.75) is 6.04 Å². The molecule has 0 spiro atoms. The van der Waals surface area contributed by atoms with E-state index in [-0.39, 0.29) is 6.04 Å². The Balaban J connectivity index is 1.09. The van der Waals surface area contributed by atoms with Gasteiger partial charge in [-0.1, -0.05) is 200 Å². The molecule has 1 aliphatic rings. The lowest BCUT2D eigenvalue weighted by atomic mass is 9.88. The van der Waals surface area contributed by atoms with Crippen molar-refractivity contribution >= 4 is 32.9 Å². The fraction of sp³-hybridized carbons (Fsp3) is 0.0167. The summed E-state index contributed by atoms with van der Waals surface area (Å²) in [4.78, 5) is 5.53. The monoisotopic (exact) mass is 790 g/mol. The van der Waals surface area contributed by atoms with Gasteiger partial charge in [0.2, 0.25) is 0 Å². The summed E-state index contributed by atoms with van der Waals surface area (Å²) in [6.07, 6.45) is 4.70. The number of dihydropyridines is 1. The third-order valence-electron chi connectivity index (χ3n) is 12.1. The van der Waals surface area contributed by atoms with Crippen LogP contribution in [0, 0.1) is 0 Å². The molecule has 2 heterocycles. The van der Waals surface area contributed by atoms with E-state index < -0.39 is 0 Å². The van der Waals surface area contributed by atoms with E-state index in [2.05, 4.69) is 248 Å². The average molecular weight is 791 g/mol. The zero-order chi connectivity index (χ0) is 41.2. The Bertz CT molecular complexity index is 3290. The Hall–Kier alpha value is -8.07. The molecule has 292 valence electrons. The predicted molar refractivity (Wildman–Crippen MR) is 261 cm³/mol. The molecule has 1 unspecified atom stereocenters. The molecule has 1 aromatic heterocycles. The average Bonchev–Trinajstić information content (AvgIpc) is 3.37. The molecule has 10 aromatic rings. The van der Waals surface area contributed by atoms with Crippen LogP contribution in [0.2, 0.25) is 0 Å². The van der Waals surface area contributed by atoms with Crippen molar-refractivity contribution in [3.8, 4) is 55.8 Å². The van der Waals surface area contributed by atoms with Crippen molar-refractivity contribution in [2.24, 2.45) is 0 Å². The molecule has 0 bridgehead atoms. The van der Waals surface area contributed by atoms with E-state index in [1.807, 2.05) is 0 Å². The highest BCUT2D eigenvalue weighted by Crippen LogP contribution is 2.42. The summed E-state index contributed by atoms with van der Waals surface area (Å²) in [6, 6.07) is 82.6. The van der Waals surface area contributed by atoms with Crippen molar-refractivity contribution in [3.05, 3.63) is 259 Å². The molecule has 2 nitrogen and oxygen atoms in total. The van der Waals surface area contributed by atoms with Crippen LogP contribution in [0.25, 0.3) is 88.7 Å². The largest absolute Gasteiger partial charge is 0.374 e. The summed E-state index contributed by atoms with van der Waals surface area (Å²) in [5, 5.41) is 7.49. The van der Waals surface area contributed by atoms with Gasteiger partial charge in [0.25, 0.3) is 0 Å². The molecule has 1 N–H and O–H groups in total. The van der Waals surface area contributed by atoms with Crippen LogP contribution >= 0.6 is 0 Å². The number of benzene rings is 9. The molecule has 0 amide bonds. The Morgan fingerprint density at radius 2 is 0.903 bits per heavy atom. The molecule has 11 rings (SSSR count). The van der Waals surface area contributed by atoms with Gasteiger partial charge < -0.3 is 5.32 Å². The lowest BCUT2D eigenvalue weighted by Crippen LogP contribution is -2.21. The third kappa shape index (κ3) is 7.18. The Labute approximate surface area is 362 Å². The Morgan fingerprint density at radius 1 is 0.371 bits per heavy atom. The van der Waals surface area contributed by atoms with Gasteiger partial charge in [0.05, 0.1) is 17.3 Å². The summed E-state index contributed by atoms with van der Waals surface area (Å²) in [5.74, 6) is 0. The van der Waals surface area contributed by atoms with Gasteiger partial charge in [-0.25, -0.2) is 4.98 Å². The highest BCUT2D eigenvalue weighted by atomic mass is 14.9. The van der Waals surface area contributed by atoms with E-state index in [0.29, 0.717) is 0 Å². The number of hydrogen-bond acceptors (Lipinski definition) is 2. The zero-order valence-electron chi connectivity index (χ0n) is 34.1. The molecule has 0 saturated heterocycles. The van der Waals surface area contributed by atoms with Gasteiger partial charge >= 0.3 is 0 Å². The van der Waals surface area contributed by atoms with Crippen molar-refractivity contribution < 1.29 is 0 Å². The first-order valence-electron chi connectivity index (χ1n) is 21.3. The molecule has 0 aliphatic carbocycles. The molecule has 0 radical (unpaired) electrons. The number of nitrogens with zero attached hydrogens (tertiary/aromatic N) is 1. The second-order valence-corrected chi connectivity index (χ2v) is 16.0. The molecule has 62 heavy (non-hydrogen) atoms. The smallest absolute Gasteiger partial charge is 0.0800 e. The van der Waals surface area contributed by atoms with Crippen LogP contribution in [0.5, 0.6) is 0 Å². The number of allylic oxidation sites excluding steroid dienone is 2. The molecule has 1 atom stereocenters. The van der Waals surface area contributed by atoms with Crippen LogP contribution in [0.3, 0.4) is 0 Å². The minimum absolute atomic E-state index is 0.0669. The van der Waals surface area contributed by atoms with Crippen molar-refractivity contribution in [1.82, 2.24) is 10.3 Å². The van der Waals surface area contributed by atoms with Crippen molar-refractivity contribution in [3.63, 3.8) is 0 Å². The first-order chi connectivity index (χ1) is 30.7. The van der Waals surface area contributed by atoms with Crippen LogP contribution < -0.4 is 5.32 Å². The predicted octanol–water partition coefficient (Wildman–Crippen LogP) is 15.5. The summed E-state index contributed by atoms with van der Waals surface area (Å²) in [7, 11) is 0. The first kappa shape index (κ1) is 37.0. The van der Waals surface area contributed by atoms with Gasteiger partial charge in [0.15, 0.2) is 0 Å². The summed E-state index contributed by atoms with van der Waals surface area (Å²) < 4.78 is 0. The zero-order valence-corrected chi connectivity index (χ0v) is 34.1. The molecule has 0 saturated carbocycles. The number of pyridine rings is 1. The Morgan fingerprint density at radius 3 is 1.61 bits per heavy atom. The second-order valence-electron chi connectivity index (χ2n) is 16.0. The topological polar surface area (TPSA) is 24.9 Å². The van der Waals surface area contributed by atoms with Gasteiger partial charge in [-0.3, -0.25) is 0 Å². The maximum atomic E-state index is 5.53. The van der Waals surface area contributed by atoms with E-state index in [1.54, 1.807) is 0 Å². The lowest BCUT2D eigenvalue weighted by molar-refractivity contribution is 0.767. The standard InChI is InChI=1S/C60H42N2/c1-5-18-41(19-6-1)45-27-16-31-50(35-45)56-38-52(39-57(61-56)51-32-17-28-46(36-51)42-20-7-2-8-21-42)47-29-15-30-48(34-47)55-37-49-26-13-14-33-53(49)59-54(43-22-9-3-10-23-43)40-58(62-60(55)59)44-24-11-4-12-25-44/h1-40,56,61H. The SMILES string of the molecule is C1=C(c2cccc(-c3cc4ccccc4c4c(-c5ccccc5)cc(-c5ccccc5)nc34)c2)C=C(c2cccc(-c3ccccc3)c2)NC1c1cccc(-c2ccccc2)c1. The third-order valence-corrected chi connectivity index (χ3v) is 12.1. The molecule has 0 fully saturated rings. The van der Waals surface area contributed by atoms with Crippen molar-refractivity contribution in [2.75, 3.05) is 0 Å². The number of aromatic nitrogens is 1. The van der Waals surface area contributed by atoms with E-state index >= 15 is 0 Å². The van der Waals surface area contributed by atoms with Crippen molar-refractivity contribution in [1.29, 1.82) is 0 Å². The van der Waals surface area contributed by atoms with Gasteiger partial charge in [-0.15, -0.1) is 0 Å². The quantitative estimate of drug-likeness (QED) is 0.155.